The van der Waals surface area contributed by atoms with Gasteiger partial charge in [0.05, 0.1) is 6.04 Å². The number of nitrogens with zero attached hydrogens (tertiary/aromatic N) is 3. The Morgan fingerprint density at radius 3 is 2.46 bits per heavy atom. The van der Waals surface area contributed by atoms with E-state index < -0.39 is 0 Å². The number of fused-ring (bicyclic) bond motifs is 1. The number of hydrogen-bond acceptors (Lipinski definition) is 3. The van der Waals surface area contributed by atoms with Gasteiger partial charge in [-0.1, -0.05) is 72.8 Å². The summed E-state index contributed by atoms with van der Waals surface area (Å²) < 4.78 is 0. The molecular formula is C32H32N4O. The predicted octanol–water partition coefficient (Wildman–Crippen LogP) is 6.31. The second-order valence-corrected chi connectivity index (χ2v) is 10.3. The molecule has 1 aromatic heterocycles. The Kier molecular flexibility index (Phi) is 6.23. The van der Waals surface area contributed by atoms with Crippen molar-refractivity contribution in [2.75, 3.05) is 20.6 Å². The molecule has 1 amide bonds. The summed E-state index contributed by atoms with van der Waals surface area (Å²) in [6.45, 7) is 0.786. The van der Waals surface area contributed by atoms with E-state index in [1.807, 2.05) is 55.5 Å². The van der Waals surface area contributed by atoms with E-state index in [2.05, 4.69) is 64.5 Å². The number of carbonyl (C=O) groups excluding carboxylic acids is 1. The van der Waals surface area contributed by atoms with Crippen LogP contribution in [0, 0.1) is 0 Å². The summed E-state index contributed by atoms with van der Waals surface area (Å²) in [5.41, 5.74) is 7.98. The van der Waals surface area contributed by atoms with Crippen LogP contribution in [0.1, 0.15) is 36.4 Å². The molecule has 1 fully saturated rings. The van der Waals surface area contributed by atoms with E-state index in [1.54, 1.807) is 0 Å². The summed E-state index contributed by atoms with van der Waals surface area (Å²) in [6.07, 6.45) is 4.77. The molecule has 3 heterocycles. The Balaban J connectivity index is 1.16. The Hall–Kier alpha value is -3.96. The van der Waals surface area contributed by atoms with Crippen molar-refractivity contribution in [2.24, 2.45) is 4.99 Å². The largest absolute Gasteiger partial charge is 0.355 e. The monoisotopic (exact) mass is 488 g/mol. The highest BCUT2D eigenvalue weighted by Gasteiger charge is 2.38. The fourth-order valence-corrected chi connectivity index (χ4v) is 5.75. The number of aromatic amines is 1. The van der Waals surface area contributed by atoms with Crippen LogP contribution in [0.2, 0.25) is 0 Å². The lowest BCUT2D eigenvalue weighted by atomic mass is 9.97. The average Bonchev–Trinajstić information content (AvgIpc) is 3.68. The maximum absolute atomic E-state index is 13.8. The van der Waals surface area contributed by atoms with E-state index >= 15 is 0 Å². The van der Waals surface area contributed by atoms with Crippen LogP contribution in [0.25, 0.3) is 27.7 Å². The maximum atomic E-state index is 13.8. The number of aromatic nitrogens is 1. The molecule has 37 heavy (non-hydrogen) atoms. The third kappa shape index (κ3) is 4.51. The number of benzene rings is 3. The van der Waals surface area contributed by atoms with Crippen molar-refractivity contribution in [1.29, 1.82) is 0 Å². The molecule has 5 nitrogen and oxygen atoms in total. The molecule has 6 rings (SSSR count). The van der Waals surface area contributed by atoms with Gasteiger partial charge < -0.3 is 9.88 Å². The minimum Gasteiger partial charge on any atom is -0.355 e. The average molecular weight is 489 g/mol. The van der Waals surface area contributed by atoms with Crippen LogP contribution in [0.15, 0.2) is 96.1 Å². The van der Waals surface area contributed by atoms with Crippen LogP contribution in [-0.2, 0) is 4.79 Å². The molecule has 3 aromatic carbocycles. The van der Waals surface area contributed by atoms with Gasteiger partial charge in [0.1, 0.15) is 6.04 Å². The fraction of sp³-hybridized carbons (Fsp3) is 0.250. The number of amides is 1. The second kappa shape index (κ2) is 9.83. The van der Waals surface area contributed by atoms with E-state index in [-0.39, 0.29) is 18.0 Å². The first kappa shape index (κ1) is 23.4. The molecule has 0 aliphatic carbocycles. The number of likely N-dealkylation sites (N-methyl/N-ethyl adjacent to an activating group) is 1. The van der Waals surface area contributed by atoms with Gasteiger partial charge in [-0.2, -0.15) is 0 Å². The zero-order valence-electron chi connectivity index (χ0n) is 21.4. The van der Waals surface area contributed by atoms with Gasteiger partial charge in [0, 0.05) is 41.5 Å². The normalized spacial score (nSPS) is 18.4. The summed E-state index contributed by atoms with van der Waals surface area (Å²) in [7, 11) is 3.96. The number of allylic oxidation sites excluding steroid dienone is 1. The van der Waals surface area contributed by atoms with Crippen LogP contribution in [0.5, 0.6) is 0 Å². The van der Waals surface area contributed by atoms with Gasteiger partial charge in [-0.15, -0.1) is 0 Å². The lowest BCUT2D eigenvalue weighted by molar-refractivity contribution is -0.136. The van der Waals surface area contributed by atoms with E-state index in [4.69, 9.17) is 4.99 Å². The molecule has 4 aromatic rings. The number of nitrogens with one attached hydrogen (secondary N) is 1. The number of para-hydroxylation sites is 1. The van der Waals surface area contributed by atoms with Crippen molar-refractivity contribution in [1.82, 2.24) is 14.8 Å². The summed E-state index contributed by atoms with van der Waals surface area (Å²) in [4.78, 5) is 26.2. The maximum Gasteiger partial charge on any atom is 0.245 e. The van der Waals surface area contributed by atoms with Gasteiger partial charge in [-0.05, 0) is 61.3 Å². The van der Waals surface area contributed by atoms with Crippen molar-refractivity contribution in [3.8, 4) is 11.3 Å². The van der Waals surface area contributed by atoms with Crippen molar-refractivity contribution in [2.45, 2.75) is 31.3 Å². The van der Waals surface area contributed by atoms with E-state index in [1.165, 1.54) is 22.1 Å². The highest BCUT2D eigenvalue weighted by molar-refractivity contribution is 6.03. The van der Waals surface area contributed by atoms with Crippen molar-refractivity contribution >= 4 is 28.1 Å². The third-order valence-corrected chi connectivity index (χ3v) is 7.64. The van der Waals surface area contributed by atoms with Gasteiger partial charge >= 0.3 is 0 Å². The lowest BCUT2D eigenvalue weighted by Crippen LogP contribution is -2.45. The Labute approximate surface area is 218 Å². The first-order valence-corrected chi connectivity index (χ1v) is 13.0. The summed E-state index contributed by atoms with van der Waals surface area (Å²) >= 11 is 0. The van der Waals surface area contributed by atoms with Crippen LogP contribution < -0.4 is 0 Å². The van der Waals surface area contributed by atoms with Crippen molar-refractivity contribution in [3.63, 3.8) is 0 Å². The lowest BCUT2D eigenvalue weighted by Gasteiger charge is -2.32. The molecule has 2 aliphatic rings. The molecule has 1 N–H and O–H groups in total. The minimum atomic E-state index is -0.284. The van der Waals surface area contributed by atoms with Gasteiger partial charge in [0.2, 0.25) is 5.91 Å². The molecule has 5 heteroatoms. The smallest absolute Gasteiger partial charge is 0.245 e. The molecular weight excluding hydrogens is 456 g/mol. The third-order valence-electron chi connectivity index (χ3n) is 7.64. The molecule has 0 saturated carbocycles. The molecule has 0 bridgehead atoms. The van der Waals surface area contributed by atoms with E-state index in [0.29, 0.717) is 0 Å². The topological polar surface area (TPSA) is 51.7 Å². The number of hydrogen-bond donors (Lipinski definition) is 1. The molecule has 0 spiro atoms. The number of H-pyrrole nitrogens is 1. The Bertz CT molecular complexity index is 1450. The second-order valence-electron chi connectivity index (χ2n) is 10.3. The summed E-state index contributed by atoms with van der Waals surface area (Å²) in [5, 5.41) is 1.22. The van der Waals surface area contributed by atoms with Gasteiger partial charge in [0.15, 0.2) is 0 Å². The molecule has 2 atom stereocenters. The fourth-order valence-electron chi connectivity index (χ4n) is 5.75. The van der Waals surface area contributed by atoms with Crippen LogP contribution in [0.4, 0.5) is 0 Å². The summed E-state index contributed by atoms with van der Waals surface area (Å²) in [5.74, 6) is 0.164. The molecule has 186 valence electrons. The van der Waals surface area contributed by atoms with Crippen LogP contribution >= 0.6 is 0 Å². The quantitative estimate of drug-likeness (QED) is 0.346. The molecule has 0 radical (unpaired) electrons. The molecule has 1 saturated heterocycles. The minimum absolute atomic E-state index is 0.0676. The summed E-state index contributed by atoms with van der Waals surface area (Å²) in [6, 6.07) is 29.1. The van der Waals surface area contributed by atoms with Gasteiger partial charge in [0.25, 0.3) is 0 Å². The van der Waals surface area contributed by atoms with Gasteiger partial charge in [-0.25, -0.2) is 0 Å². The highest BCUT2D eigenvalue weighted by atomic mass is 16.2. The van der Waals surface area contributed by atoms with E-state index in [0.717, 1.165) is 48.3 Å². The van der Waals surface area contributed by atoms with Crippen LogP contribution in [0.3, 0.4) is 0 Å². The molecule has 0 unspecified atom stereocenters. The Morgan fingerprint density at radius 1 is 0.973 bits per heavy atom. The zero-order chi connectivity index (χ0) is 25.4. The Morgan fingerprint density at radius 2 is 1.70 bits per heavy atom. The standard InChI is InChI=1S/C32H32N4O/c1-35(2)31(24-9-4-3-5-10-24)32(37)36-18-8-13-30(36)29-20-26(21-33-29)22-14-16-23(17-15-22)28-19-25-11-6-7-12-27(25)34-28/h3-7,9-12,14-17,19,21,30-31,34H,8,13,18,20H2,1-2H3/t30-,31+/m0/s1. The first-order chi connectivity index (χ1) is 18.1. The SMILES string of the molecule is CN(C)[C@@H](C(=O)N1CCC[C@H]1C1=NC=C(c2ccc(-c3cc4ccccc4[nH]3)cc2)C1)c1ccccc1. The zero-order valence-corrected chi connectivity index (χ0v) is 21.4. The van der Waals surface area contributed by atoms with Crippen molar-refractivity contribution in [3.05, 3.63) is 102 Å². The first-order valence-electron chi connectivity index (χ1n) is 13.0. The number of likely N-dealkylation sites (tertiary alicyclic amines) is 1. The van der Waals surface area contributed by atoms with Crippen molar-refractivity contribution < 1.29 is 4.79 Å². The number of rotatable bonds is 6. The number of aliphatic imine (C=N–C) groups is 1. The highest BCUT2D eigenvalue weighted by Crippen LogP contribution is 2.33. The number of carbonyl (C=O) groups is 1. The molecule has 2 aliphatic heterocycles. The van der Waals surface area contributed by atoms with Crippen LogP contribution in [-0.4, -0.2) is 53.1 Å². The van der Waals surface area contributed by atoms with Gasteiger partial charge in [-0.3, -0.25) is 14.7 Å². The van der Waals surface area contributed by atoms with E-state index in [9.17, 15) is 4.79 Å². The predicted molar refractivity (Wildman–Crippen MR) is 151 cm³/mol.